The molecule has 0 fully saturated rings. The fourth-order valence-corrected chi connectivity index (χ4v) is 1.42. The number of rotatable bonds is 1. The number of benzene rings is 1. The second kappa shape index (κ2) is 5.70. The Morgan fingerprint density at radius 1 is 1.27 bits per heavy atom. The molecule has 0 amide bonds. The first-order valence-electron chi connectivity index (χ1n) is 2.81. The SMILES string of the molecule is NC(=S)Sc1ccccc1.[Zn]. The van der Waals surface area contributed by atoms with Crippen LogP contribution >= 0.6 is 24.0 Å². The van der Waals surface area contributed by atoms with Crippen molar-refractivity contribution < 1.29 is 19.5 Å². The van der Waals surface area contributed by atoms with Gasteiger partial charge in [-0.25, -0.2) is 0 Å². The van der Waals surface area contributed by atoms with Gasteiger partial charge in [-0.2, -0.15) is 0 Å². The smallest absolute Gasteiger partial charge is 0.135 e. The summed E-state index contributed by atoms with van der Waals surface area (Å²) in [6, 6.07) is 9.83. The summed E-state index contributed by atoms with van der Waals surface area (Å²) in [7, 11) is 0. The van der Waals surface area contributed by atoms with Crippen molar-refractivity contribution in [3.8, 4) is 0 Å². The van der Waals surface area contributed by atoms with E-state index >= 15 is 0 Å². The molecule has 0 radical (unpaired) electrons. The molecular weight excluding hydrogens is 228 g/mol. The monoisotopic (exact) mass is 233 g/mol. The Bertz CT molecular complexity index is 225. The Balaban J connectivity index is 0.000001000. The summed E-state index contributed by atoms with van der Waals surface area (Å²) in [5.41, 5.74) is 5.32. The van der Waals surface area contributed by atoms with Crippen LogP contribution in [0.1, 0.15) is 0 Å². The minimum absolute atomic E-state index is 0. The van der Waals surface area contributed by atoms with Crippen LogP contribution in [0.3, 0.4) is 0 Å². The van der Waals surface area contributed by atoms with Crippen LogP contribution in [0.2, 0.25) is 0 Å². The van der Waals surface area contributed by atoms with E-state index in [-0.39, 0.29) is 19.5 Å². The van der Waals surface area contributed by atoms with E-state index in [1.807, 2.05) is 30.3 Å². The molecule has 0 bridgehead atoms. The maximum atomic E-state index is 5.32. The molecule has 4 heteroatoms. The number of hydrogen-bond acceptors (Lipinski definition) is 2. The molecule has 0 aromatic heterocycles. The van der Waals surface area contributed by atoms with Gasteiger partial charge in [0.2, 0.25) is 0 Å². The van der Waals surface area contributed by atoms with Crippen LogP contribution in [-0.4, -0.2) is 4.32 Å². The first kappa shape index (κ1) is 11.1. The van der Waals surface area contributed by atoms with Crippen LogP contribution in [0.25, 0.3) is 0 Å². The van der Waals surface area contributed by atoms with Gasteiger partial charge in [0, 0.05) is 24.4 Å². The van der Waals surface area contributed by atoms with E-state index in [0.29, 0.717) is 4.32 Å². The summed E-state index contributed by atoms with van der Waals surface area (Å²) in [6.45, 7) is 0. The normalized spacial score (nSPS) is 8.36. The molecule has 0 unspecified atom stereocenters. The molecule has 0 spiro atoms. The zero-order valence-corrected chi connectivity index (χ0v) is 10.6. The standard InChI is InChI=1S/C7H7NS2.Zn/c8-7(9)10-6-4-2-1-3-5-6;/h1-5H,(H2,8,9);. The molecule has 1 rings (SSSR count). The van der Waals surface area contributed by atoms with E-state index in [2.05, 4.69) is 0 Å². The molecule has 11 heavy (non-hydrogen) atoms. The van der Waals surface area contributed by atoms with Gasteiger partial charge in [-0.1, -0.05) is 42.2 Å². The van der Waals surface area contributed by atoms with Crippen molar-refractivity contribution >= 4 is 28.3 Å². The van der Waals surface area contributed by atoms with Gasteiger partial charge in [-0.15, -0.1) is 0 Å². The predicted molar refractivity (Wildman–Crippen MR) is 49.1 cm³/mol. The Kier molecular flexibility index (Phi) is 5.74. The Hall–Kier alpha value is 0.0834. The Morgan fingerprint density at radius 3 is 2.27 bits per heavy atom. The van der Waals surface area contributed by atoms with E-state index in [9.17, 15) is 0 Å². The summed E-state index contributed by atoms with van der Waals surface area (Å²) in [5.74, 6) is 0. The molecule has 0 aliphatic rings. The molecule has 0 saturated heterocycles. The zero-order valence-electron chi connectivity index (χ0n) is 5.99. The molecule has 1 aromatic rings. The van der Waals surface area contributed by atoms with Crippen molar-refractivity contribution in [3.63, 3.8) is 0 Å². The van der Waals surface area contributed by atoms with Crippen molar-refractivity contribution in [1.29, 1.82) is 0 Å². The second-order valence-electron chi connectivity index (χ2n) is 1.73. The average Bonchev–Trinajstić information content (AvgIpc) is 1.88. The van der Waals surface area contributed by atoms with Crippen molar-refractivity contribution in [1.82, 2.24) is 0 Å². The Labute approximate surface area is 88.5 Å². The Morgan fingerprint density at radius 2 is 1.82 bits per heavy atom. The van der Waals surface area contributed by atoms with Crippen LogP contribution < -0.4 is 5.73 Å². The first-order chi connectivity index (χ1) is 4.79. The van der Waals surface area contributed by atoms with Crippen molar-refractivity contribution in [3.05, 3.63) is 30.3 Å². The van der Waals surface area contributed by atoms with E-state index in [1.54, 1.807) is 0 Å². The fourth-order valence-electron chi connectivity index (χ4n) is 0.605. The third-order valence-corrected chi connectivity index (χ3v) is 1.92. The molecule has 2 N–H and O–H groups in total. The number of hydrogen-bond donors (Lipinski definition) is 1. The fraction of sp³-hybridized carbons (Fsp3) is 0. The van der Waals surface area contributed by atoms with Crippen molar-refractivity contribution in [2.75, 3.05) is 0 Å². The molecule has 0 aliphatic heterocycles. The van der Waals surface area contributed by atoms with Gasteiger partial charge >= 0.3 is 0 Å². The molecular formula is C7H7NS2Zn. The van der Waals surface area contributed by atoms with Gasteiger partial charge in [0.15, 0.2) is 0 Å². The van der Waals surface area contributed by atoms with Gasteiger partial charge in [-0.3, -0.25) is 0 Å². The molecule has 0 aliphatic carbocycles. The number of thiocarbonyl (C=S) groups is 1. The molecule has 0 saturated carbocycles. The van der Waals surface area contributed by atoms with Crippen LogP contribution in [0.15, 0.2) is 35.2 Å². The van der Waals surface area contributed by atoms with Crippen LogP contribution in [0, 0.1) is 0 Å². The van der Waals surface area contributed by atoms with Crippen molar-refractivity contribution in [2.45, 2.75) is 4.90 Å². The van der Waals surface area contributed by atoms with E-state index in [4.69, 9.17) is 18.0 Å². The van der Waals surface area contributed by atoms with Gasteiger partial charge < -0.3 is 5.73 Å². The minimum Gasteiger partial charge on any atom is -0.384 e. The van der Waals surface area contributed by atoms with Crippen LogP contribution in [0.5, 0.6) is 0 Å². The topological polar surface area (TPSA) is 26.0 Å². The second-order valence-corrected chi connectivity index (χ2v) is 3.55. The molecule has 0 heterocycles. The van der Waals surface area contributed by atoms with E-state index < -0.39 is 0 Å². The summed E-state index contributed by atoms with van der Waals surface area (Å²) in [5, 5.41) is 0. The summed E-state index contributed by atoms with van der Waals surface area (Å²) in [6.07, 6.45) is 0. The van der Waals surface area contributed by atoms with Gasteiger partial charge in [0.05, 0.1) is 0 Å². The number of thioether (sulfide) groups is 1. The molecule has 54 valence electrons. The first-order valence-corrected chi connectivity index (χ1v) is 4.04. The van der Waals surface area contributed by atoms with Gasteiger partial charge in [-0.05, 0) is 12.1 Å². The predicted octanol–water partition coefficient (Wildman–Crippen LogP) is 2.02. The maximum absolute atomic E-state index is 5.32. The van der Waals surface area contributed by atoms with Crippen LogP contribution in [-0.2, 0) is 19.5 Å². The van der Waals surface area contributed by atoms with Crippen LogP contribution in [0.4, 0.5) is 0 Å². The largest absolute Gasteiger partial charge is 0.384 e. The molecule has 1 nitrogen and oxygen atoms in total. The van der Waals surface area contributed by atoms with Crippen molar-refractivity contribution in [2.24, 2.45) is 5.73 Å². The zero-order chi connectivity index (χ0) is 7.40. The number of nitrogens with two attached hydrogens (primary N) is 1. The van der Waals surface area contributed by atoms with Gasteiger partial charge in [0.1, 0.15) is 4.32 Å². The summed E-state index contributed by atoms with van der Waals surface area (Å²) < 4.78 is 0.464. The third-order valence-electron chi connectivity index (χ3n) is 0.962. The van der Waals surface area contributed by atoms with Gasteiger partial charge in [0.25, 0.3) is 0 Å². The maximum Gasteiger partial charge on any atom is 0.135 e. The van der Waals surface area contributed by atoms with E-state index in [1.165, 1.54) is 11.8 Å². The molecule has 0 atom stereocenters. The average molecular weight is 235 g/mol. The summed E-state index contributed by atoms with van der Waals surface area (Å²) >= 11 is 6.13. The third kappa shape index (κ3) is 4.51. The molecule has 1 aromatic carbocycles. The van der Waals surface area contributed by atoms with E-state index in [0.717, 1.165) is 4.90 Å². The quantitative estimate of drug-likeness (QED) is 0.457. The summed E-state index contributed by atoms with van der Waals surface area (Å²) in [4.78, 5) is 1.09. The minimum atomic E-state index is 0.